The van der Waals surface area contributed by atoms with Gasteiger partial charge in [-0.1, -0.05) is 0 Å². The highest BCUT2D eigenvalue weighted by Gasteiger charge is 2.31. The van der Waals surface area contributed by atoms with Crippen LogP contribution >= 0.6 is 0 Å². The van der Waals surface area contributed by atoms with Crippen molar-refractivity contribution in [3.63, 3.8) is 0 Å². The molecule has 0 radical (unpaired) electrons. The Balaban J connectivity index is 1.80. The van der Waals surface area contributed by atoms with Crippen molar-refractivity contribution in [2.45, 2.75) is 32.4 Å². The maximum atomic E-state index is 5.69. The summed E-state index contributed by atoms with van der Waals surface area (Å²) >= 11 is 0. The Bertz CT molecular complexity index is 433. The number of piperazine rings is 1. The summed E-state index contributed by atoms with van der Waals surface area (Å²) in [5.41, 5.74) is 6.62. The molecule has 0 unspecified atom stereocenters. The van der Waals surface area contributed by atoms with Gasteiger partial charge in [0.1, 0.15) is 11.6 Å². The van der Waals surface area contributed by atoms with Crippen molar-refractivity contribution in [3.05, 3.63) is 17.6 Å². The van der Waals surface area contributed by atoms with E-state index in [1.807, 2.05) is 13.0 Å². The predicted octanol–water partition coefficient (Wildman–Crippen LogP) is 0.528. The molecule has 2 N–H and O–H groups in total. The molecule has 18 heavy (non-hydrogen) atoms. The van der Waals surface area contributed by atoms with Gasteiger partial charge in [-0.05, 0) is 26.3 Å². The molecule has 2 aliphatic heterocycles. The van der Waals surface area contributed by atoms with Crippen LogP contribution in [0.2, 0.25) is 0 Å². The van der Waals surface area contributed by atoms with Crippen molar-refractivity contribution >= 4 is 5.82 Å². The van der Waals surface area contributed by atoms with Crippen LogP contribution < -0.4 is 10.6 Å². The molecule has 2 saturated heterocycles. The molecule has 3 rings (SSSR count). The molecule has 5 heteroatoms. The zero-order chi connectivity index (χ0) is 12.5. The van der Waals surface area contributed by atoms with Crippen LogP contribution in [0.15, 0.2) is 6.07 Å². The van der Waals surface area contributed by atoms with Crippen molar-refractivity contribution < 1.29 is 0 Å². The third-order valence-corrected chi connectivity index (χ3v) is 4.00. The monoisotopic (exact) mass is 247 g/mol. The smallest absolute Gasteiger partial charge is 0.132 e. The molecule has 0 aromatic carbocycles. The van der Waals surface area contributed by atoms with Crippen molar-refractivity contribution in [1.82, 2.24) is 14.9 Å². The summed E-state index contributed by atoms with van der Waals surface area (Å²) in [6.45, 7) is 7.02. The first kappa shape index (κ1) is 11.9. The quantitative estimate of drug-likeness (QED) is 0.826. The van der Waals surface area contributed by atoms with Gasteiger partial charge in [-0.2, -0.15) is 0 Å². The van der Waals surface area contributed by atoms with Crippen LogP contribution in [0.4, 0.5) is 5.82 Å². The first-order chi connectivity index (χ1) is 8.76. The highest BCUT2D eigenvalue weighted by atomic mass is 15.3. The van der Waals surface area contributed by atoms with E-state index in [-0.39, 0.29) is 0 Å². The fourth-order valence-electron chi connectivity index (χ4n) is 3.08. The van der Waals surface area contributed by atoms with Gasteiger partial charge in [-0.3, -0.25) is 4.90 Å². The molecule has 0 saturated carbocycles. The number of rotatable bonds is 2. The zero-order valence-electron chi connectivity index (χ0n) is 11.0. The van der Waals surface area contributed by atoms with E-state index in [4.69, 9.17) is 5.73 Å². The molecule has 1 atom stereocenters. The second-order valence-corrected chi connectivity index (χ2v) is 5.25. The Morgan fingerprint density at radius 1 is 1.33 bits per heavy atom. The summed E-state index contributed by atoms with van der Waals surface area (Å²) in [5, 5.41) is 0. The highest BCUT2D eigenvalue weighted by molar-refractivity contribution is 5.41. The number of anilines is 1. The van der Waals surface area contributed by atoms with Crippen LogP contribution in [0.5, 0.6) is 0 Å². The molecule has 2 fully saturated rings. The van der Waals surface area contributed by atoms with Gasteiger partial charge in [-0.15, -0.1) is 0 Å². The normalized spacial score (nSPS) is 24.3. The van der Waals surface area contributed by atoms with Crippen LogP contribution in [0.1, 0.15) is 24.4 Å². The van der Waals surface area contributed by atoms with E-state index in [0.29, 0.717) is 6.54 Å². The first-order valence-electron chi connectivity index (χ1n) is 6.80. The van der Waals surface area contributed by atoms with Gasteiger partial charge in [-0.25, -0.2) is 9.97 Å². The molecule has 1 aromatic rings. The number of aryl methyl sites for hydroxylation is 1. The van der Waals surface area contributed by atoms with Gasteiger partial charge in [0.2, 0.25) is 0 Å². The molecule has 0 aliphatic carbocycles. The maximum Gasteiger partial charge on any atom is 0.132 e. The molecule has 0 amide bonds. The Morgan fingerprint density at radius 2 is 2.22 bits per heavy atom. The lowest BCUT2D eigenvalue weighted by Crippen LogP contribution is -2.50. The Hall–Kier alpha value is -1.20. The zero-order valence-corrected chi connectivity index (χ0v) is 11.0. The molecule has 5 nitrogen and oxygen atoms in total. The Morgan fingerprint density at radius 3 is 3.06 bits per heavy atom. The summed E-state index contributed by atoms with van der Waals surface area (Å²) in [6, 6.07) is 2.76. The van der Waals surface area contributed by atoms with E-state index < -0.39 is 0 Å². The van der Waals surface area contributed by atoms with Gasteiger partial charge < -0.3 is 10.6 Å². The summed E-state index contributed by atoms with van der Waals surface area (Å²) < 4.78 is 0. The third kappa shape index (κ3) is 2.20. The minimum absolute atomic E-state index is 0.486. The van der Waals surface area contributed by atoms with Crippen molar-refractivity contribution in [2.24, 2.45) is 5.73 Å². The molecule has 2 aliphatic rings. The summed E-state index contributed by atoms with van der Waals surface area (Å²) in [6.07, 6.45) is 2.67. The number of nitrogens with two attached hydrogens (primary N) is 1. The lowest BCUT2D eigenvalue weighted by atomic mass is 10.1. The van der Waals surface area contributed by atoms with Crippen molar-refractivity contribution in [1.29, 1.82) is 0 Å². The minimum atomic E-state index is 0.486. The molecular formula is C13H21N5. The molecule has 0 bridgehead atoms. The number of fused-ring (bicyclic) bond motifs is 1. The van der Waals surface area contributed by atoms with Gasteiger partial charge >= 0.3 is 0 Å². The Labute approximate surface area is 108 Å². The van der Waals surface area contributed by atoms with Crippen molar-refractivity contribution in [3.8, 4) is 0 Å². The SMILES string of the molecule is Cc1nc(CN)cc(N2CCN3CCC[C@H]3C2)n1. The van der Waals surface area contributed by atoms with Gasteiger partial charge in [0.05, 0.1) is 5.69 Å². The maximum absolute atomic E-state index is 5.69. The van der Waals surface area contributed by atoms with Crippen LogP contribution in [0.3, 0.4) is 0 Å². The van der Waals surface area contributed by atoms with Crippen LogP contribution in [-0.4, -0.2) is 47.1 Å². The number of nitrogens with zero attached hydrogens (tertiary/aromatic N) is 4. The second-order valence-electron chi connectivity index (χ2n) is 5.25. The highest BCUT2D eigenvalue weighted by Crippen LogP contribution is 2.24. The van der Waals surface area contributed by atoms with Crippen LogP contribution in [0.25, 0.3) is 0 Å². The first-order valence-corrected chi connectivity index (χ1v) is 6.80. The van der Waals surface area contributed by atoms with E-state index in [1.165, 1.54) is 19.4 Å². The van der Waals surface area contributed by atoms with Crippen molar-refractivity contribution in [2.75, 3.05) is 31.1 Å². The van der Waals surface area contributed by atoms with Gasteiger partial charge in [0.25, 0.3) is 0 Å². The molecule has 1 aromatic heterocycles. The standard InChI is InChI=1S/C13H21N5/c1-10-15-11(8-14)7-13(16-10)18-6-5-17-4-2-3-12(17)9-18/h7,12H,2-6,8-9,14H2,1H3/t12-/m0/s1. The average molecular weight is 247 g/mol. The lowest BCUT2D eigenvalue weighted by Gasteiger charge is -2.38. The van der Waals surface area contributed by atoms with Crippen LogP contribution in [-0.2, 0) is 6.54 Å². The minimum Gasteiger partial charge on any atom is -0.354 e. The van der Waals surface area contributed by atoms with Crippen LogP contribution in [0, 0.1) is 6.92 Å². The van der Waals surface area contributed by atoms with E-state index in [1.54, 1.807) is 0 Å². The van der Waals surface area contributed by atoms with E-state index in [0.717, 1.165) is 43.0 Å². The van der Waals surface area contributed by atoms with E-state index in [2.05, 4.69) is 19.8 Å². The second kappa shape index (κ2) is 4.82. The fourth-order valence-corrected chi connectivity index (χ4v) is 3.08. The summed E-state index contributed by atoms with van der Waals surface area (Å²) in [7, 11) is 0. The Kier molecular flexibility index (Phi) is 3.18. The molecule has 0 spiro atoms. The number of aromatic nitrogens is 2. The largest absolute Gasteiger partial charge is 0.354 e. The van der Waals surface area contributed by atoms with Gasteiger partial charge in [0.15, 0.2) is 0 Å². The topological polar surface area (TPSA) is 58.3 Å². The van der Waals surface area contributed by atoms with E-state index >= 15 is 0 Å². The third-order valence-electron chi connectivity index (χ3n) is 4.00. The number of hydrogen-bond acceptors (Lipinski definition) is 5. The lowest BCUT2D eigenvalue weighted by molar-refractivity contribution is 0.230. The summed E-state index contributed by atoms with van der Waals surface area (Å²) in [5.74, 6) is 1.87. The molecule has 98 valence electrons. The predicted molar refractivity (Wildman–Crippen MR) is 71.5 cm³/mol. The average Bonchev–Trinajstić information content (AvgIpc) is 2.85. The molecular weight excluding hydrogens is 226 g/mol. The summed E-state index contributed by atoms with van der Waals surface area (Å²) in [4.78, 5) is 13.9. The van der Waals surface area contributed by atoms with E-state index in [9.17, 15) is 0 Å². The number of hydrogen-bond donors (Lipinski definition) is 1. The van der Waals surface area contributed by atoms with Gasteiger partial charge in [0, 0.05) is 38.3 Å². The molecule has 3 heterocycles. The fraction of sp³-hybridized carbons (Fsp3) is 0.692.